The number of pyridine rings is 1. The van der Waals surface area contributed by atoms with Crippen LogP contribution in [-0.4, -0.2) is 17.1 Å². The number of rotatable bonds is 3. The lowest BCUT2D eigenvalue weighted by Crippen LogP contribution is -2.42. The van der Waals surface area contributed by atoms with Gasteiger partial charge in [-0.3, -0.25) is 0 Å². The second-order valence-corrected chi connectivity index (χ2v) is 5.00. The van der Waals surface area contributed by atoms with E-state index in [0.717, 1.165) is 17.3 Å². The third-order valence-corrected chi connectivity index (χ3v) is 3.42. The molecule has 0 amide bonds. The lowest BCUT2D eigenvalue weighted by atomic mass is 10.0. The minimum atomic E-state index is -0.142. The van der Waals surface area contributed by atoms with Crippen molar-refractivity contribution in [2.75, 3.05) is 6.61 Å². The van der Waals surface area contributed by atoms with Crippen molar-refractivity contribution >= 4 is 15.9 Å². The summed E-state index contributed by atoms with van der Waals surface area (Å²) >= 11 is 3.40. The molecular formula is C11H15BrN2O. The molecule has 0 radical (unpaired) electrons. The van der Waals surface area contributed by atoms with Gasteiger partial charge in [0.15, 0.2) is 0 Å². The van der Waals surface area contributed by atoms with E-state index in [-0.39, 0.29) is 5.54 Å². The molecule has 0 aliphatic heterocycles. The number of nitrogens with two attached hydrogens (primary N) is 1. The summed E-state index contributed by atoms with van der Waals surface area (Å²) in [7, 11) is 0. The maximum Gasteiger partial charge on any atom is 0.227 e. The molecule has 0 saturated heterocycles. The third-order valence-electron chi connectivity index (χ3n) is 2.82. The van der Waals surface area contributed by atoms with Gasteiger partial charge in [0, 0.05) is 6.20 Å². The van der Waals surface area contributed by atoms with Crippen LogP contribution < -0.4 is 10.5 Å². The molecule has 1 aromatic rings. The molecule has 1 fully saturated rings. The van der Waals surface area contributed by atoms with Gasteiger partial charge in [-0.15, -0.1) is 0 Å². The summed E-state index contributed by atoms with van der Waals surface area (Å²) < 4.78 is 6.52. The van der Waals surface area contributed by atoms with Crippen LogP contribution in [0.3, 0.4) is 0 Å². The molecule has 0 atom stereocenters. The van der Waals surface area contributed by atoms with E-state index in [0.29, 0.717) is 12.5 Å². The van der Waals surface area contributed by atoms with E-state index >= 15 is 0 Å². The van der Waals surface area contributed by atoms with E-state index in [4.69, 9.17) is 10.5 Å². The molecule has 2 N–H and O–H groups in total. The molecule has 1 saturated carbocycles. The molecule has 1 aliphatic rings. The van der Waals surface area contributed by atoms with Crippen LogP contribution in [0.1, 0.15) is 25.7 Å². The van der Waals surface area contributed by atoms with Crippen molar-refractivity contribution in [3.63, 3.8) is 0 Å². The van der Waals surface area contributed by atoms with Crippen molar-refractivity contribution in [2.24, 2.45) is 5.73 Å². The molecule has 15 heavy (non-hydrogen) atoms. The van der Waals surface area contributed by atoms with Crippen LogP contribution in [-0.2, 0) is 0 Å². The predicted octanol–water partition coefficient (Wildman–Crippen LogP) is 2.49. The van der Waals surface area contributed by atoms with Gasteiger partial charge in [-0.1, -0.05) is 12.8 Å². The van der Waals surface area contributed by atoms with Crippen LogP contribution in [0.5, 0.6) is 5.88 Å². The van der Waals surface area contributed by atoms with E-state index in [9.17, 15) is 0 Å². The van der Waals surface area contributed by atoms with Gasteiger partial charge in [-0.05, 0) is 40.9 Å². The minimum Gasteiger partial charge on any atom is -0.475 e. The van der Waals surface area contributed by atoms with Gasteiger partial charge in [0.1, 0.15) is 6.61 Å². The molecule has 0 aromatic carbocycles. The van der Waals surface area contributed by atoms with Crippen LogP contribution in [0, 0.1) is 0 Å². The first-order valence-electron chi connectivity index (χ1n) is 5.22. The highest BCUT2D eigenvalue weighted by atomic mass is 79.9. The van der Waals surface area contributed by atoms with E-state index in [2.05, 4.69) is 20.9 Å². The molecule has 1 aromatic heterocycles. The maximum atomic E-state index is 6.19. The molecule has 0 unspecified atom stereocenters. The Morgan fingerprint density at radius 1 is 1.47 bits per heavy atom. The van der Waals surface area contributed by atoms with Crippen LogP contribution in [0.4, 0.5) is 0 Å². The number of hydrogen-bond donors (Lipinski definition) is 1. The van der Waals surface area contributed by atoms with E-state index in [1.165, 1.54) is 12.8 Å². The Bertz CT molecular complexity index is 337. The molecule has 1 aliphatic carbocycles. The normalized spacial score (nSPS) is 19.1. The van der Waals surface area contributed by atoms with Gasteiger partial charge >= 0.3 is 0 Å². The van der Waals surface area contributed by atoms with Crippen molar-refractivity contribution < 1.29 is 4.74 Å². The first-order chi connectivity index (χ1) is 7.20. The number of halogens is 1. The quantitative estimate of drug-likeness (QED) is 0.918. The zero-order valence-corrected chi connectivity index (χ0v) is 10.2. The highest BCUT2D eigenvalue weighted by Gasteiger charge is 2.30. The topological polar surface area (TPSA) is 48.1 Å². The van der Waals surface area contributed by atoms with Crippen molar-refractivity contribution in [3.05, 3.63) is 22.8 Å². The number of aromatic nitrogens is 1. The lowest BCUT2D eigenvalue weighted by Gasteiger charge is -2.23. The van der Waals surface area contributed by atoms with Gasteiger partial charge in [0.2, 0.25) is 5.88 Å². The summed E-state index contributed by atoms with van der Waals surface area (Å²) in [5.74, 6) is 0.634. The van der Waals surface area contributed by atoms with E-state index < -0.39 is 0 Å². The number of nitrogens with zero attached hydrogens (tertiary/aromatic N) is 1. The lowest BCUT2D eigenvalue weighted by molar-refractivity contribution is 0.212. The highest BCUT2D eigenvalue weighted by Crippen LogP contribution is 2.29. The van der Waals surface area contributed by atoms with E-state index in [1.807, 2.05) is 12.1 Å². The van der Waals surface area contributed by atoms with Crippen molar-refractivity contribution in [1.29, 1.82) is 0 Å². The van der Waals surface area contributed by atoms with Crippen LogP contribution in [0.15, 0.2) is 22.8 Å². The summed E-state index contributed by atoms with van der Waals surface area (Å²) in [4.78, 5) is 4.15. The average Bonchev–Trinajstić information content (AvgIpc) is 2.65. The Hall–Kier alpha value is -0.610. The predicted molar refractivity (Wildman–Crippen MR) is 62.8 cm³/mol. The summed E-state index contributed by atoms with van der Waals surface area (Å²) in [5.41, 5.74) is 6.05. The molecule has 0 bridgehead atoms. The first-order valence-corrected chi connectivity index (χ1v) is 6.01. The average molecular weight is 271 g/mol. The Labute approximate surface area is 98.2 Å². The fourth-order valence-electron chi connectivity index (χ4n) is 1.91. The second kappa shape index (κ2) is 4.49. The molecule has 2 rings (SSSR count). The zero-order chi connectivity index (χ0) is 10.7. The van der Waals surface area contributed by atoms with Gasteiger partial charge in [-0.25, -0.2) is 4.98 Å². The zero-order valence-electron chi connectivity index (χ0n) is 8.58. The molecule has 1 heterocycles. The first kappa shape index (κ1) is 10.9. The third kappa shape index (κ3) is 2.69. The molecule has 82 valence electrons. The Kier molecular flexibility index (Phi) is 3.26. The standard InChI is InChI=1S/C11H15BrN2O/c12-9-4-3-7-14-10(9)15-8-11(13)5-1-2-6-11/h3-4,7H,1-2,5-6,8,13H2. The van der Waals surface area contributed by atoms with Crippen LogP contribution in [0.2, 0.25) is 0 Å². The Morgan fingerprint density at radius 3 is 2.87 bits per heavy atom. The molecule has 0 spiro atoms. The SMILES string of the molecule is NC1(COc2ncccc2Br)CCCC1. The van der Waals surface area contributed by atoms with Gasteiger partial charge in [0.25, 0.3) is 0 Å². The fraction of sp³-hybridized carbons (Fsp3) is 0.545. The minimum absolute atomic E-state index is 0.142. The van der Waals surface area contributed by atoms with Gasteiger partial charge in [0.05, 0.1) is 10.0 Å². The summed E-state index contributed by atoms with van der Waals surface area (Å²) in [6.07, 6.45) is 6.25. The number of hydrogen-bond acceptors (Lipinski definition) is 3. The largest absolute Gasteiger partial charge is 0.475 e. The summed E-state index contributed by atoms with van der Waals surface area (Å²) in [6.45, 7) is 0.558. The van der Waals surface area contributed by atoms with Crippen LogP contribution >= 0.6 is 15.9 Å². The summed E-state index contributed by atoms with van der Waals surface area (Å²) in [6, 6.07) is 3.78. The maximum absolute atomic E-state index is 6.19. The van der Waals surface area contributed by atoms with Crippen molar-refractivity contribution in [2.45, 2.75) is 31.2 Å². The molecule has 3 nitrogen and oxygen atoms in total. The van der Waals surface area contributed by atoms with Gasteiger partial charge < -0.3 is 10.5 Å². The Morgan fingerprint density at radius 2 is 2.20 bits per heavy atom. The van der Waals surface area contributed by atoms with Crippen molar-refractivity contribution in [3.8, 4) is 5.88 Å². The Balaban J connectivity index is 1.95. The van der Waals surface area contributed by atoms with Crippen molar-refractivity contribution in [1.82, 2.24) is 4.98 Å². The summed E-state index contributed by atoms with van der Waals surface area (Å²) in [5, 5.41) is 0. The number of ether oxygens (including phenoxy) is 1. The second-order valence-electron chi connectivity index (χ2n) is 4.15. The monoisotopic (exact) mass is 270 g/mol. The molecular weight excluding hydrogens is 256 g/mol. The smallest absolute Gasteiger partial charge is 0.227 e. The van der Waals surface area contributed by atoms with E-state index in [1.54, 1.807) is 6.20 Å². The van der Waals surface area contributed by atoms with Crippen LogP contribution in [0.25, 0.3) is 0 Å². The van der Waals surface area contributed by atoms with Gasteiger partial charge in [-0.2, -0.15) is 0 Å². The molecule has 4 heteroatoms. The highest BCUT2D eigenvalue weighted by molar-refractivity contribution is 9.10. The fourth-order valence-corrected chi connectivity index (χ4v) is 2.28.